The summed E-state index contributed by atoms with van der Waals surface area (Å²) < 4.78 is 0. The molecular weight excluding hydrogens is 232 g/mol. The van der Waals surface area contributed by atoms with Crippen molar-refractivity contribution in [2.75, 3.05) is 39.3 Å². The van der Waals surface area contributed by atoms with Crippen molar-refractivity contribution in [3.63, 3.8) is 0 Å². The predicted octanol–water partition coefficient (Wildman–Crippen LogP) is 3.79. The van der Waals surface area contributed by atoms with Crippen LogP contribution in [-0.4, -0.2) is 49.1 Å². The summed E-state index contributed by atoms with van der Waals surface area (Å²) in [5.74, 6) is 0. The lowest BCUT2D eigenvalue weighted by Gasteiger charge is -2.36. The maximum atomic E-state index is 2.65. The monoisotopic (exact) mass is 266 g/mol. The van der Waals surface area contributed by atoms with Gasteiger partial charge in [0.05, 0.1) is 0 Å². The van der Waals surface area contributed by atoms with E-state index in [1.54, 1.807) is 0 Å². The molecule has 112 valence electrons. The van der Waals surface area contributed by atoms with Crippen LogP contribution in [0.2, 0.25) is 0 Å². The molecule has 1 heterocycles. The van der Waals surface area contributed by atoms with Gasteiger partial charge in [-0.15, -0.1) is 0 Å². The highest BCUT2D eigenvalue weighted by Gasteiger charge is 2.20. The Morgan fingerprint density at radius 2 is 1.47 bits per heavy atom. The van der Waals surface area contributed by atoms with Crippen LogP contribution in [0.3, 0.4) is 0 Å². The maximum absolute atomic E-state index is 2.65. The van der Waals surface area contributed by atoms with Crippen molar-refractivity contribution in [2.24, 2.45) is 5.41 Å². The molecule has 1 rings (SSSR count). The first-order valence-electron chi connectivity index (χ1n) is 8.17. The first-order valence-corrected chi connectivity index (χ1v) is 8.17. The van der Waals surface area contributed by atoms with Gasteiger partial charge in [-0.3, -0.25) is 0 Å². The molecule has 1 aliphatic heterocycles. The number of rotatable bonds is 8. The zero-order valence-electron chi connectivity index (χ0n) is 13.6. The van der Waals surface area contributed by atoms with Crippen molar-refractivity contribution in [1.29, 1.82) is 0 Å². The molecule has 1 fully saturated rings. The number of hydrogen-bond acceptors (Lipinski definition) is 2. The first kappa shape index (κ1) is 16.7. The third-order valence-corrected chi connectivity index (χ3v) is 4.54. The second kappa shape index (κ2) is 8.76. The van der Waals surface area contributed by atoms with E-state index in [0.29, 0.717) is 5.41 Å². The molecule has 0 N–H and O–H groups in total. The van der Waals surface area contributed by atoms with Gasteiger partial charge in [0.25, 0.3) is 0 Å². The number of nitrogens with zero attached hydrogens (tertiary/aromatic N) is 2. The van der Waals surface area contributed by atoms with Crippen molar-refractivity contribution in [3.8, 4) is 0 Å². The van der Waals surface area contributed by atoms with Gasteiger partial charge in [-0.2, -0.15) is 0 Å². The van der Waals surface area contributed by atoms with Crippen LogP contribution >= 0.6 is 0 Å². The van der Waals surface area contributed by atoms with E-state index in [4.69, 9.17) is 0 Å². The van der Waals surface area contributed by atoms with Gasteiger partial charge in [-0.25, -0.2) is 0 Å². The van der Waals surface area contributed by atoms with Gasteiger partial charge in [-0.1, -0.05) is 46.3 Å². The van der Waals surface area contributed by atoms with E-state index in [1.165, 1.54) is 65.0 Å². The molecule has 0 aromatic rings. The molecule has 0 atom stereocenters. The second-order valence-corrected chi connectivity index (χ2v) is 6.62. The van der Waals surface area contributed by atoms with Crippen molar-refractivity contribution >= 4 is 0 Å². The van der Waals surface area contributed by atoms with E-state index in [0.717, 1.165) is 0 Å². The molecule has 0 aromatic carbocycles. The van der Waals surface area contributed by atoms with Gasteiger partial charge in [0.1, 0.15) is 0 Å². The Bertz CT molecular complexity index is 250. The summed E-state index contributed by atoms with van der Waals surface area (Å²) in [7, 11) is 0. The third-order valence-electron chi connectivity index (χ3n) is 4.54. The zero-order chi connectivity index (χ0) is 14.1. The Morgan fingerprint density at radius 3 is 2.00 bits per heavy atom. The lowest BCUT2D eigenvalue weighted by atomic mass is 9.86. The molecule has 2 heteroatoms. The first-order chi connectivity index (χ1) is 9.07. The topological polar surface area (TPSA) is 6.48 Å². The van der Waals surface area contributed by atoms with Crippen LogP contribution in [0.4, 0.5) is 0 Å². The molecule has 2 nitrogen and oxygen atoms in total. The largest absolute Gasteiger partial charge is 0.301 e. The van der Waals surface area contributed by atoms with E-state index in [-0.39, 0.29) is 0 Å². The minimum absolute atomic E-state index is 0.516. The fraction of sp³-hybridized carbons (Fsp3) is 0.882. The molecule has 1 aliphatic rings. The van der Waals surface area contributed by atoms with Crippen LogP contribution in [0.25, 0.3) is 0 Å². The molecule has 0 spiro atoms. The summed E-state index contributed by atoms with van der Waals surface area (Å²) in [5, 5.41) is 0. The van der Waals surface area contributed by atoms with Gasteiger partial charge in [0.2, 0.25) is 0 Å². The smallest absolute Gasteiger partial charge is 0.0110 e. The van der Waals surface area contributed by atoms with Crippen LogP contribution in [0, 0.1) is 5.41 Å². The number of piperazine rings is 1. The highest BCUT2D eigenvalue weighted by Crippen LogP contribution is 2.24. The molecule has 0 amide bonds. The van der Waals surface area contributed by atoms with Crippen molar-refractivity contribution < 1.29 is 0 Å². The Labute approximate surface area is 120 Å². The summed E-state index contributed by atoms with van der Waals surface area (Å²) >= 11 is 0. The fourth-order valence-electron chi connectivity index (χ4n) is 2.42. The van der Waals surface area contributed by atoms with Crippen molar-refractivity contribution in [2.45, 2.75) is 53.4 Å². The van der Waals surface area contributed by atoms with E-state index in [1.807, 2.05) is 0 Å². The third kappa shape index (κ3) is 7.12. The Morgan fingerprint density at radius 1 is 0.895 bits per heavy atom. The normalized spacial score (nSPS) is 19.4. The second-order valence-electron chi connectivity index (χ2n) is 6.62. The number of hydrogen-bond donors (Lipinski definition) is 0. The maximum Gasteiger partial charge on any atom is 0.0110 e. The van der Waals surface area contributed by atoms with Crippen LogP contribution in [0.1, 0.15) is 53.4 Å². The van der Waals surface area contributed by atoms with Crippen molar-refractivity contribution in [3.05, 3.63) is 12.2 Å². The Hall–Kier alpha value is -0.340. The summed E-state index contributed by atoms with van der Waals surface area (Å²) in [4.78, 5) is 5.26. The quantitative estimate of drug-likeness (QED) is 0.617. The van der Waals surface area contributed by atoms with E-state index in [2.05, 4.69) is 49.6 Å². The Balaban J connectivity index is 2.13. The van der Waals surface area contributed by atoms with Crippen LogP contribution in [0.15, 0.2) is 12.2 Å². The minimum atomic E-state index is 0.516. The number of allylic oxidation sites excluding steroid dienone is 1. The lowest BCUT2D eigenvalue weighted by Crippen LogP contribution is -2.47. The molecule has 0 saturated carbocycles. The van der Waals surface area contributed by atoms with Gasteiger partial charge in [0, 0.05) is 32.7 Å². The molecular formula is C17H34N2. The summed E-state index contributed by atoms with van der Waals surface area (Å²) in [6, 6.07) is 0. The minimum Gasteiger partial charge on any atom is -0.301 e. The fourth-order valence-corrected chi connectivity index (χ4v) is 2.42. The summed E-state index contributed by atoms with van der Waals surface area (Å²) in [5.41, 5.74) is 0.516. The molecule has 19 heavy (non-hydrogen) atoms. The van der Waals surface area contributed by atoms with Gasteiger partial charge in [0.15, 0.2) is 0 Å². The van der Waals surface area contributed by atoms with Crippen molar-refractivity contribution in [1.82, 2.24) is 9.80 Å². The van der Waals surface area contributed by atoms with Crippen LogP contribution < -0.4 is 0 Å². The van der Waals surface area contributed by atoms with Gasteiger partial charge >= 0.3 is 0 Å². The molecule has 0 unspecified atom stereocenters. The molecule has 0 aromatic heterocycles. The average Bonchev–Trinajstić information content (AvgIpc) is 2.43. The van der Waals surface area contributed by atoms with E-state index in [9.17, 15) is 0 Å². The molecule has 0 radical (unpaired) electrons. The predicted molar refractivity (Wildman–Crippen MR) is 85.6 cm³/mol. The summed E-state index contributed by atoms with van der Waals surface area (Å²) in [6.07, 6.45) is 9.62. The molecule has 1 saturated heterocycles. The standard InChI is InChI=1S/C17H34N2/c1-5-7-8-9-11-18-13-15-19(16-14-18)12-10-17(3,4)6-2/h7-8H,5-6,9-16H2,1-4H3/b8-7-. The summed E-state index contributed by atoms with van der Waals surface area (Å²) in [6.45, 7) is 16.9. The van der Waals surface area contributed by atoms with Crippen LogP contribution in [-0.2, 0) is 0 Å². The highest BCUT2D eigenvalue weighted by molar-refractivity contribution is 4.82. The SMILES string of the molecule is CC/C=C\CCN1CCN(CCC(C)(C)CC)CC1. The molecule has 0 bridgehead atoms. The molecule has 0 aliphatic carbocycles. The van der Waals surface area contributed by atoms with E-state index < -0.39 is 0 Å². The Kier molecular flexibility index (Phi) is 7.70. The lowest BCUT2D eigenvalue weighted by molar-refractivity contribution is 0.119. The van der Waals surface area contributed by atoms with Crippen LogP contribution in [0.5, 0.6) is 0 Å². The van der Waals surface area contributed by atoms with E-state index >= 15 is 0 Å². The van der Waals surface area contributed by atoms with Gasteiger partial charge in [-0.05, 0) is 31.2 Å². The highest BCUT2D eigenvalue weighted by atomic mass is 15.3. The average molecular weight is 266 g/mol. The zero-order valence-corrected chi connectivity index (χ0v) is 13.6. The van der Waals surface area contributed by atoms with Gasteiger partial charge < -0.3 is 9.80 Å².